The van der Waals surface area contributed by atoms with Crippen LogP contribution in [0.2, 0.25) is 0 Å². The zero-order valence-corrected chi connectivity index (χ0v) is 12.3. The summed E-state index contributed by atoms with van der Waals surface area (Å²) in [5.74, 6) is 1.05. The summed E-state index contributed by atoms with van der Waals surface area (Å²) in [6.45, 7) is 4.65. The highest BCUT2D eigenvalue weighted by Crippen LogP contribution is 2.26. The molecule has 0 aromatic heterocycles. The molecule has 110 valence electrons. The maximum absolute atomic E-state index is 11.7. The molecule has 0 heterocycles. The third kappa shape index (κ3) is 5.78. The van der Waals surface area contributed by atoms with Gasteiger partial charge in [-0.3, -0.25) is 4.79 Å². The molecule has 0 atom stereocenters. The quantitative estimate of drug-likeness (QED) is 0.753. The largest absolute Gasteiger partial charge is 0.504 e. The van der Waals surface area contributed by atoms with E-state index in [1.54, 1.807) is 18.2 Å². The van der Waals surface area contributed by atoms with Gasteiger partial charge < -0.3 is 15.2 Å². The molecule has 2 N–H and O–H groups in total. The maximum atomic E-state index is 11.7. The molecule has 0 fully saturated rings. The molecule has 0 radical (unpaired) electrons. The summed E-state index contributed by atoms with van der Waals surface area (Å²) in [5, 5.41) is 12.3. The fraction of sp³-hybridized carbons (Fsp3) is 0.438. The molecule has 0 saturated heterocycles. The minimum atomic E-state index is 0.0189. The van der Waals surface area contributed by atoms with Gasteiger partial charge in [0.1, 0.15) is 0 Å². The van der Waals surface area contributed by atoms with Crippen LogP contribution in [0.1, 0.15) is 32.3 Å². The molecule has 0 aliphatic carbocycles. The van der Waals surface area contributed by atoms with Crippen LogP contribution >= 0.6 is 0 Å². The van der Waals surface area contributed by atoms with Crippen LogP contribution in [0.4, 0.5) is 0 Å². The first-order chi connectivity index (χ1) is 9.52. The van der Waals surface area contributed by atoms with Gasteiger partial charge in [0.05, 0.1) is 7.11 Å². The van der Waals surface area contributed by atoms with E-state index in [0.29, 0.717) is 24.6 Å². The van der Waals surface area contributed by atoms with Gasteiger partial charge in [0.15, 0.2) is 11.5 Å². The summed E-state index contributed by atoms with van der Waals surface area (Å²) in [5.41, 5.74) is 0.894. The van der Waals surface area contributed by atoms with E-state index in [0.717, 1.165) is 12.0 Å². The van der Waals surface area contributed by atoms with Gasteiger partial charge in [0.2, 0.25) is 5.91 Å². The molecule has 4 heteroatoms. The third-order valence-electron chi connectivity index (χ3n) is 2.79. The first-order valence-electron chi connectivity index (χ1n) is 6.82. The van der Waals surface area contributed by atoms with Crippen molar-refractivity contribution in [1.82, 2.24) is 5.32 Å². The molecule has 20 heavy (non-hydrogen) atoms. The van der Waals surface area contributed by atoms with E-state index in [-0.39, 0.29) is 11.7 Å². The fourth-order valence-electron chi connectivity index (χ4n) is 1.70. The van der Waals surface area contributed by atoms with Gasteiger partial charge in [-0.25, -0.2) is 0 Å². The number of benzene rings is 1. The van der Waals surface area contributed by atoms with Crippen LogP contribution in [0.25, 0.3) is 0 Å². The molecule has 0 unspecified atom stereocenters. The third-order valence-corrected chi connectivity index (χ3v) is 2.79. The van der Waals surface area contributed by atoms with E-state index in [9.17, 15) is 9.90 Å². The number of rotatable bonds is 7. The van der Waals surface area contributed by atoms with Gasteiger partial charge in [-0.15, -0.1) is 0 Å². The molecule has 0 saturated carbocycles. The Morgan fingerprint density at radius 1 is 1.45 bits per heavy atom. The van der Waals surface area contributed by atoms with Crippen LogP contribution in [-0.2, 0) is 11.3 Å². The lowest BCUT2D eigenvalue weighted by Crippen LogP contribution is -2.22. The van der Waals surface area contributed by atoms with Crippen LogP contribution in [0, 0.1) is 5.92 Å². The molecule has 0 bridgehead atoms. The molecule has 1 amide bonds. The highest BCUT2D eigenvalue weighted by molar-refractivity contribution is 5.76. The molecule has 1 aromatic rings. The van der Waals surface area contributed by atoms with Crippen molar-refractivity contribution in [1.29, 1.82) is 0 Å². The average Bonchev–Trinajstić information content (AvgIpc) is 2.42. The van der Waals surface area contributed by atoms with Crippen LogP contribution < -0.4 is 10.1 Å². The zero-order chi connectivity index (χ0) is 15.0. The molecule has 0 aliphatic heterocycles. The molecular formula is C16H23NO3. The lowest BCUT2D eigenvalue weighted by Gasteiger charge is -2.08. The van der Waals surface area contributed by atoms with Crippen molar-refractivity contribution in [3.63, 3.8) is 0 Å². The van der Waals surface area contributed by atoms with E-state index in [4.69, 9.17) is 4.74 Å². The highest BCUT2D eigenvalue weighted by atomic mass is 16.5. The summed E-state index contributed by atoms with van der Waals surface area (Å²) in [7, 11) is 1.50. The van der Waals surface area contributed by atoms with Crippen molar-refractivity contribution in [2.24, 2.45) is 5.92 Å². The van der Waals surface area contributed by atoms with Gasteiger partial charge in [-0.05, 0) is 30.0 Å². The van der Waals surface area contributed by atoms with Crippen molar-refractivity contribution < 1.29 is 14.6 Å². The summed E-state index contributed by atoms with van der Waals surface area (Å²) < 4.78 is 5.02. The predicted molar refractivity (Wildman–Crippen MR) is 79.7 cm³/mol. The first-order valence-corrected chi connectivity index (χ1v) is 6.82. The Morgan fingerprint density at radius 2 is 2.20 bits per heavy atom. The number of phenolic OH excluding ortho intramolecular Hbond substituents is 1. The Morgan fingerprint density at radius 3 is 2.85 bits per heavy atom. The van der Waals surface area contributed by atoms with E-state index in [2.05, 4.69) is 25.2 Å². The molecule has 1 rings (SSSR count). The fourth-order valence-corrected chi connectivity index (χ4v) is 1.70. The monoisotopic (exact) mass is 277 g/mol. The molecule has 1 aromatic carbocycles. The predicted octanol–water partition coefficient (Wildman–Crippen LogP) is 3.01. The molecule has 0 spiro atoms. The minimum Gasteiger partial charge on any atom is -0.504 e. The normalized spacial score (nSPS) is 11.0. The van der Waals surface area contributed by atoms with E-state index in [1.807, 2.05) is 6.08 Å². The number of amides is 1. The SMILES string of the molecule is COc1cc(CNC(=O)CCC=CC(C)C)ccc1O. The number of carbonyl (C=O) groups is 1. The smallest absolute Gasteiger partial charge is 0.220 e. The van der Waals surface area contributed by atoms with Crippen molar-refractivity contribution in [3.8, 4) is 11.5 Å². The van der Waals surface area contributed by atoms with Crippen molar-refractivity contribution in [2.75, 3.05) is 7.11 Å². The summed E-state index contributed by atoms with van der Waals surface area (Å²) >= 11 is 0. The number of methoxy groups -OCH3 is 1. The zero-order valence-electron chi connectivity index (χ0n) is 12.3. The number of carbonyl (C=O) groups excluding carboxylic acids is 1. The first kappa shape index (κ1) is 16.1. The topological polar surface area (TPSA) is 58.6 Å². The Bertz CT molecular complexity index is 467. The van der Waals surface area contributed by atoms with Gasteiger partial charge in [-0.1, -0.05) is 32.1 Å². The summed E-state index contributed by atoms with van der Waals surface area (Å²) in [6.07, 6.45) is 5.37. The Balaban J connectivity index is 2.37. The van der Waals surface area contributed by atoms with E-state index < -0.39 is 0 Å². The second-order valence-electron chi connectivity index (χ2n) is 4.99. The Kier molecular flexibility index (Phi) is 6.64. The number of hydrogen-bond acceptors (Lipinski definition) is 3. The number of hydrogen-bond donors (Lipinski definition) is 2. The maximum Gasteiger partial charge on any atom is 0.220 e. The van der Waals surface area contributed by atoms with Gasteiger partial charge >= 0.3 is 0 Å². The van der Waals surface area contributed by atoms with E-state index >= 15 is 0 Å². The molecular weight excluding hydrogens is 254 g/mol. The lowest BCUT2D eigenvalue weighted by atomic mass is 10.1. The standard InChI is InChI=1S/C16H23NO3/c1-12(2)6-4-5-7-16(19)17-11-13-8-9-14(18)15(10-13)20-3/h4,6,8-10,12,18H,5,7,11H2,1-3H3,(H,17,19). The van der Waals surface area contributed by atoms with Crippen molar-refractivity contribution in [2.45, 2.75) is 33.2 Å². The number of phenols is 1. The second-order valence-corrected chi connectivity index (χ2v) is 4.99. The Hall–Kier alpha value is -1.97. The van der Waals surface area contributed by atoms with Gasteiger partial charge in [0, 0.05) is 13.0 Å². The lowest BCUT2D eigenvalue weighted by molar-refractivity contribution is -0.121. The van der Waals surface area contributed by atoms with Gasteiger partial charge in [0.25, 0.3) is 0 Å². The number of ether oxygens (including phenoxy) is 1. The molecule has 4 nitrogen and oxygen atoms in total. The summed E-state index contributed by atoms with van der Waals surface area (Å²) in [4.78, 5) is 11.7. The van der Waals surface area contributed by atoms with Crippen LogP contribution in [0.5, 0.6) is 11.5 Å². The number of nitrogens with one attached hydrogen (secondary N) is 1. The highest BCUT2D eigenvalue weighted by Gasteiger charge is 2.04. The average molecular weight is 277 g/mol. The van der Waals surface area contributed by atoms with Crippen LogP contribution in [-0.4, -0.2) is 18.1 Å². The van der Waals surface area contributed by atoms with Crippen molar-refractivity contribution >= 4 is 5.91 Å². The van der Waals surface area contributed by atoms with Crippen LogP contribution in [0.3, 0.4) is 0 Å². The van der Waals surface area contributed by atoms with Crippen LogP contribution in [0.15, 0.2) is 30.4 Å². The van der Waals surface area contributed by atoms with E-state index in [1.165, 1.54) is 7.11 Å². The van der Waals surface area contributed by atoms with Gasteiger partial charge in [-0.2, -0.15) is 0 Å². The number of allylic oxidation sites excluding steroid dienone is 2. The van der Waals surface area contributed by atoms with Crippen molar-refractivity contribution in [3.05, 3.63) is 35.9 Å². The Labute approximate surface area is 120 Å². The summed E-state index contributed by atoms with van der Waals surface area (Å²) in [6, 6.07) is 5.04. The number of aromatic hydroxyl groups is 1. The second kappa shape index (κ2) is 8.25. The molecule has 0 aliphatic rings. The minimum absolute atomic E-state index is 0.0189.